The van der Waals surface area contributed by atoms with Crippen molar-refractivity contribution < 1.29 is 4.74 Å². The maximum Gasteiger partial charge on any atom is 0.0612 e. The van der Waals surface area contributed by atoms with Gasteiger partial charge in [-0.2, -0.15) is 0 Å². The number of nitrogens with one attached hydrogen (secondary N) is 1. The van der Waals surface area contributed by atoms with Crippen molar-refractivity contribution in [2.45, 2.75) is 6.92 Å². The largest absolute Gasteiger partial charge is 0.398 e. The van der Waals surface area contributed by atoms with Crippen molar-refractivity contribution in [1.82, 2.24) is 5.01 Å². The molecule has 1 aromatic carbocycles. The van der Waals surface area contributed by atoms with Gasteiger partial charge in [0.05, 0.1) is 18.9 Å². The van der Waals surface area contributed by atoms with E-state index in [4.69, 9.17) is 10.5 Å². The summed E-state index contributed by atoms with van der Waals surface area (Å²) in [6.07, 6.45) is 0. The minimum Gasteiger partial charge on any atom is -0.398 e. The smallest absolute Gasteiger partial charge is 0.0612 e. The van der Waals surface area contributed by atoms with Gasteiger partial charge in [-0.1, -0.05) is 6.07 Å². The zero-order chi connectivity index (χ0) is 10.7. The summed E-state index contributed by atoms with van der Waals surface area (Å²) in [5.41, 5.74) is 12.1. The fourth-order valence-corrected chi connectivity index (χ4v) is 1.57. The Morgan fingerprint density at radius 3 is 2.73 bits per heavy atom. The summed E-state index contributed by atoms with van der Waals surface area (Å²) in [5, 5.41) is 2.15. The second kappa shape index (κ2) is 4.51. The van der Waals surface area contributed by atoms with Crippen LogP contribution in [-0.4, -0.2) is 31.3 Å². The molecule has 0 amide bonds. The van der Waals surface area contributed by atoms with Crippen LogP contribution in [0.5, 0.6) is 0 Å². The van der Waals surface area contributed by atoms with Crippen LogP contribution in [0.25, 0.3) is 0 Å². The van der Waals surface area contributed by atoms with Gasteiger partial charge in [0.25, 0.3) is 0 Å². The van der Waals surface area contributed by atoms with Crippen LogP contribution in [-0.2, 0) is 4.74 Å². The summed E-state index contributed by atoms with van der Waals surface area (Å²) in [7, 11) is 0. The summed E-state index contributed by atoms with van der Waals surface area (Å²) in [6, 6.07) is 6.03. The molecule has 1 aliphatic heterocycles. The Balaban J connectivity index is 2.00. The first kappa shape index (κ1) is 10.3. The highest BCUT2D eigenvalue weighted by atomic mass is 16.5. The van der Waals surface area contributed by atoms with Crippen LogP contribution in [0.2, 0.25) is 0 Å². The van der Waals surface area contributed by atoms with Crippen LogP contribution < -0.4 is 11.2 Å². The van der Waals surface area contributed by atoms with Crippen molar-refractivity contribution in [2.75, 3.05) is 37.5 Å². The zero-order valence-electron chi connectivity index (χ0n) is 8.99. The van der Waals surface area contributed by atoms with Crippen LogP contribution in [0.3, 0.4) is 0 Å². The second-order valence-electron chi connectivity index (χ2n) is 3.78. The molecule has 1 aromatic rings. The zero-order valence-corrected chi connectivity index (χ0v) is 8.99. The van der Waals surface area contributed by atoms with Gasteiger partial charge in [-0.3, -0.25) is 0 Å². The summed E-state index contributed by atoms with van der Waals surface area (Å²) in [5.74, 6) is 0. The number of hydrogen-bond donors (Lipinski definition) is 2. The van der Waals surface area contributed by atoms with Crippen molar-refractivity contribution in [1.29, 1.82) is 0 Å². The van der Waals surface area contributed by atoms with Crippen LogP contribution in [0, 0.1) is 6.92 Å². The molecule has 2 rings (SSSR count). The van der Waals surface area contributed by atoms with Crippen molar-refractivity contribution >= 4 is 11.4 Å². The number of nitrogen functional groups attached to an aromatic ring is 1. The molecular weight excluding hydrogens is 190 g/mol. The first-order valence-electron chi connectivity index (χ1n) is 5.21. The molecule has 0 spiro atoms. The normalized spacial score (nSPS) is 17.7. The molecule has 0 radical (unpaired) electrons. The van der Waals surface area contributed by atoms with Gasteiger partial charge in [-0.05, 0) is 24.6 Å². The summed E-state index contributed by atoms with van der Waals surface area (Å²) >= 11 is 0. The van der Waals surface area contributed by atoms with Gasteiger partial charge in [0.2, 0.25) is 0 Å². The summed E-state index contributed by atoms with van der Waals surface area (Å²) in [4.78, 5) is 0. The number of ether oxygens (including phenoxy) is 1. The Hall–Kier alpha value is -1.26. The topological polar surface area (TPSA) is 50.5 Å². The third kappa shape index (κ3) is 2.61. The third-order valence-corrected chi connectivity index (χ3v) is 2.58. The first-order chi connectivity index (χ1) is 7.25. The van der Waals surface area contributed by atoms with E-state index in [9.17, 15) is 0 Å². The minimum absolute atomic E-state index is 0.786. The van der Waals surface area contributed by atoms with Crippen molar-refractivity contribution in [2.24, 2.45) is 0 Å². The van der Waals surface area contributed by atoms with Crippen LogP contribution in [0.15, 0.2) is 18.2 Å². The molecule has 4 heteroatoms. The molecule has 4 nitrogen and oxygen atoms in total. The number of nitrogens with zero attached hydrogens (tertiary/aromatic N) is 1. The minimum atomic E-state index is 0.786. The van der Waals surface area contributed by atoms with Crippen LogP contribution in [0.1, 0.15) is 5.56 Å². The standard InChI is InChI=1S/C11H17N3O/c1-9-2-3-10(8-11(9)12)13-14-4-6-15-7-5-14/h2-3,8,13H,4-7,12H2,1H3. The van der Waals surface area contributed by atoms with Gasteiger partial charge >= 0.3 is 0 Å². The second-order valence-corrected chi connectivity index (χ2v) is 3.78. The van der Waals surface area contributed by atoms with E-state index in [0.717, 1.165) is 43.2 Å². The number of hydrazine groups is 1. The van der Waals surface area contributed by atoms with Crippen LogP contribution in [0.4, 0.5) is 11.4 Å². The Morgan fingerprint density at radius 1 is 1.33 bits per heavy atom. The Labute approximate surface area is 90.0 Å². The van der Waals surface area contributed by atoms with Crippen LogP contribution >= 0.6 is 0 Å². The monoisotopic (exact) mass is 207 g/mol. The van der Waals surface area contributed by atoms with E-state index in [-0.39, 0.29) is 0 Å². The molecule has 1 saturated heterocycles. The van der Waals surface area contributed by atoms with Gasteiger partial charge in [-0.15, -0.1) is 0 Å². The maximum atomic E-state index is 5.84. The summed E-state index contributed by atoms with van der Waals surface area (Å²) < 4.78 is 5.27. The highest BCUT2D eigenvalue weighted by molar-refractivity contribution is 5.57. The van der Waals surface area contributed by atoms with Gasteiger partial charge in [0, 0.05) is 18.8 Å². The number of hydrogen-bond acceptors (Lipinski definition) is 4. The Morgan fingerprint density at radius 2 is 2.07 bits per heavy atom. The first-order valence-corrected chi connectivity index (χ1v) is 5.21. The molecule has 3 N–H and O–H groups in total. The molecule has 15 heavy (non-hydrogen) atoms. The molecule has 0 aliphatic carbocycles. The van der Waals surface area contributed by atoms with Crippen molar-refractivity contribution in [3.8, 4) is 0 Å². The molecule has 1 fully saturated rings. The van der Waals surface area contributed by atoms with E-state index in [1.54, 1.807) is 0 Å². The molecule has 0 unspecified atom stereocenters. The lowest BCUT2D eigenvalue weighted by molar-refractivity contribution is 0.0497. The lowest BCUT2D eigenvalue weighted by Gasteiger charge is -2.28. The molecule has 0 bridgehead atoms. The fraction of sp³-hybridized carbons (Fsp3) is 0.455. The molecule has 1 heterocycles. The van der Waals surface area contributed by atoms with Crippen molar-refractivity contribution in [3.63, 3.8) is 0 Å². The number of rotatable bonds is 2. The van der Waals surface area contributed by atoms with E-state index >= 15 is 0 Å². The SMILES string of the molecule is Cc1ccc(NN2CCOCC2)cc1N. The molecule has 0 aromatic heterocycles. The lowest BCUT2D eigenvalue weighted by Crippen LogP contribution is -2.40. The van der Waals surface area contributed by atoms with E-state index < -0.39 is 0 Å². The maximum absolute atomic E-state index is 5.84. The number of nitrogens with two attached hydrogens (primary N) is 1. The van der Waals surface area contributed by atoms with E-state index in [0.29, 0.717) is 0 Å². The predicted molar refractivity (Wildman–Crippen MR) is 61.6 cm³/mol. The predicted octanol–water partition coefficient (Wildman–Crippen LogP) is 1.24. The third-order valence-electron chi connectivity index (χ3n) is 2.58. The van der Waals surface area contributed by atoms with Gasteiger partial charge in [-0.25, -0.2) is 5.01 Å². The highest BCUT2D eigenvalue weighted by Crippen LogP contribution is 2.17. The highest BCUT2D eigenvalue weighted by Gasteiger charge is 2.09. The average Bonchev–Trinajstić information content (AvgIpc) is 2.25. The van der Waals surface area contributed by atoms with E-state index in [2.05, 4.69) is 10.4 Å². The fourth-order valence-electron chi connectivity index (χ4n) is 1.57. The van der Waals surface area contributed by atoms with Crippen molar-refractivity contribution in [3.05, 3.63) is 23.8 Å². The Kier molecular flexibility index (Phi) is 3.08. The molecule has 0 atom stereocenters. The molecule has 1 aliphatic rings. The lowest BCUT2D eigenvalue weighted by atomic mass is 10.2. The molecule has 82 valence electrons. The Bertz CT molecular complexity index is 335. The van der Waals surface area contributed by atoms with E-state index in [1.165, 1.54) is 0 Å². The average molecular weight is 207 g/mol. The van der Waals surface area contributed by atoms with Gasteiger partial charge in [0.1, 0.15) is 0 Å². The quantitative estimate of drug-likeness (QED) is 0.716. The van der Waals surface area contributed by atoms with E-state index in [1.807, 2.05) is 25.1 Å². The molecular formula is C11H17N3O. The van der Waals surface area contributed by atoms with Gasteiger partial charge in [0.15, 0.2) is 0 Å². The van der Waals surface area contributed by atoms with Gasteiger partial charge < -0.3 is 15.9 Å². The number of aryl methyl sites for hydroxylation is 1. The molecule has 0 saturated carbocycles. The number of benzene rings is 1. The summed E-state index contributed by atoms with van der Waals surface area (Å²) in [6.45, 7) is 5.40. The number of morpholine rings is 1. The number of anilines is 2.